The number of hydrogen-bond acceptors (Lipinski definition) is 2. The van der Waals surface area contributed by atoms with Crippen LogP contribution in [0.3, 0.4) is 0 Å². The summed E-state index contributed by atoms with van der Waals surface area (Å²) in [5.74, 6) is 0.915. The van der Waals surface area contributed by atoms with Crippen LogP contribution in [0.1, 0.15) is 39.5 Å². The van der Waals surface area contributed by atoms with Gasteiger partial charge in [0.15, 0.2) is 0 Å². The van der Waals surface area contributed by atoms with Crippen LogP contribution in [0, 0.1) is 5.92 Å². The second kappa shape index (κ2) is 6.39. The Balaban J connectivity index is 2.00. The summed E-state index contributed by atoms with van der Waals surface area (Å²) in [5.41, 5.74) is 0. The fourth-order valence-corrected chi connectivity index (χ4v) is 2.02. The zero-order valence-corrected chi connectivity index (χ0v) is 9.01. The topological polar surface area (TPSA) is 21.3 Å². The van der Waals surface area contributed by atoms with Crippen molar-refractivity contribution < 1.29 is 4.74 Å². The van der Waals surface area contributed by atoms with Crippen molar-refractivity contribution in [2.75, 3.05) is 19.8 Å². The van der Waals surface area contributed by atoms with Crippen LogP contribution in [-0.2, 0) is 4.74 Å². The molecule has 2 nitrogen and oxygen atoms in total. The molecule has 1 heterocycles. The van der Waals surface area contributed by atoms with Gasteiger partial charge in [-0.05, 0) is 45.1 Å². The van der Waals surface area contributed by atoms with E-state index >= 15 is 0 Å². The van der Waals surface area contributed by atoms with Crippen molar-refractivity contribution in [2.45, 2.75) is 45.6 Å². The van der Waals surface area contributed by atoms with Crippen molar-refractivity contribution in [1.29, 1.82) is 0 Å². The Kier molecular flexibility index (Phi) is 5.40. The highest BCUT2D eigenvalue weighted by Crippen LogP contribution is 2.17. The van der Waals surface area contributed by atoms with E-state index in [2.05, 4.69) is 19.2 Å². The van der Waals surface area contributed by atoms with Crippen LogP contribution >= 0.6 is 0 Å². The molecule has 0 saturated carbocycles. The predicted molar refractivity (Wildman–Crippen MR) is 55.9 cm³/mol. The Morgan fingerprint density at radius 2 is 2.31 bits per heavy atom. The average molecular weight is 185 g/mol. The van der Waals surface area contributed by atoms with E-state index in [9.17, 15) is 0 Å². The van der Waals surface area contributed by atoms with E-state index in [1.807, 2.05) is 0 Å². The normalized spacial score (nSPS) is 29.1. The standard InChI is InChI=1S/C11H23NO/c1-3-13-8-4-5-11-9-10(2)6-7-12-11/h10-12H,3-9H2,1-2H3. The molecule has 0 aromatic rings. The van der Waals surface area contributed by atoms with Crippen molar-refractivity contribution >= 4 is 0 Å². The van der Waals surface area contributed by atoms with E-state index in [-0.39, 0.29) is 0 Å². The molecule has 0 aromatic carbocycles. The summed E-state index contributed by atoms with van der Waals surface area (Å²) < 4.78 is 5.32. The minimum Gasteiger partial charge on any atom is -0.382 e. The number of nitrogens with one attached hydrogen (secondary N) is 1. The van der Waals surface area contributed by atoms with Crippen molar-refractivity contribution in [3.8, 4) is 0 Å². The van der Waals surface area contributed by atoms with E-state index < -0.39 is 0 Å². The lowest BCUT2D eigenvalue weighted by atomic mass is 9.92. The van der Waals surface area contributed by atoms with E-state index in [4.69, 9.17) is 4.74 Å². The highest BCUT2D eigenvalue weighted by Gasteiger charge is 2.17. The van der Waals surface area contributed by atoms with E-state index in [0.717, 1.165) is 25.2 Å². The van der Waals surface area contributed by atoms with Crippen molar-refractivity contribution in [3.63, 3.8) is 0 Å². The van der Waals surface area contributed by atoms with Crippen LogP contribution in [0.15, 0.2) is 0 Å². The zero-order valence-electron chi connectivity index (χ0n) is 9.01. The summed E-state index contributed by atoms with van der Waals surface area (Å²) in [6.07, 6.45) is 5.19. The summed E-state index contributed by atoms with van der Waals surface area (Å²) in [4.78, 5) is 0. The van der Waals surface area contributed by atoms with E-state index in [1.54, 1.807) is 0 Å². The smallest absolute Gasteiger partial charge is 0.0466 e. The number of rotatable bonds is 5. The lowest BCUT2D eigenvalue weighted by molar-refractivity contribution is 0.138. The summed E-state index contributed by atoms with van der Waals surface area (Å²) in [5, 5.41) is 3.57. The second-order valence-electron chi connectivity index (χ2n) is 4.12. The average Bonchev–Trinajstić information content (AvgIpc) is 2.13. The van der Waals surface area contributed by atoms with Crippen LogP contribution < -0.4 is 5.32 Å². The third kappa shape index (κ3) is 4.63. The molecule has 2 unspecified atom stereocenters. The van der Waals surface area contributed by atoms with Gasteiger partial charge in [-0.15, -0.1) is 0 Å². The molecule has 1 aliphatic rings. The number of hydrogen-bond donors (Lipinski definition) is 1. The van der Waals surface area contributed by atoms with Gasteiger partial charge in [-0.25, -0.2) is 0 Å². The van der Waals surface area contributed by atoms with Crippen molar-refractivity contribution in [3.05, 3.63) is 0 Å². The van der Waals surface area contributed by atoms with Crippen LogP contribution in [-0.4, -0.2) is 25.8 Å². The lowest BCUT2D eigenvalue weighted by Gasteiger charge is -2.28. The van der Waals surface area contributed by atoms with Gasteiger partial charge in [0.2, 0.25) is 0 Å². The first-order valence-corrected chi connectivity index (χ1v) is 5.64. The predicted octanol–water partition coefficient (Wildman–Crippen LogP) is 2.19. The summed E-state index contributed by atoms with van der Waals surface area (Å²) in [6.45, 7) is 7.41. The van der Waals surface area contributed by atoms with Crippen molar-refractivity contribution in [2.24, 2.45) is 5.92 Å². The molecule has 1 N–H and O–H groups in total. The highest BCUT2D eigenvalue weighted by molar-refractivity contribution is 4.75. The first-order chi connectivity index (χ1) is 6.33. The molecular formula is C11H23NO. The Hall–Kier alpha value is -0.0800. The molecular weight excluding hydrogens is 162 g/mol. The largest absolute Gasteiger partial charge is 0.382 e. The van der Waals surface area contributed by atoms with Gasteiger partial charge >= 0.3 is 0 Å². The number of ether oxygens (including phenoxy) is 1. The van der Waals surface area contributed by atoms with E-state index in [0.29, 0.717) is 0 Å². The monoisotopic (exact) mass is 185 g/mol. The third-order valence-electron chi connectivity index (χ3n) is 2.80. The molecule has 1 aliphatic heterocycles. The first kappa shape index (κ1) is 11.0. The van der Waals surface area contributed by atoms with E-state index in [1.165, 1.54) is 32.2 Å². The van der Waals surface area contributed by atoms with Crippen LogP contribution in [0.5, 0.6) is 0 Å². The maximum Gasteiger partial charge on any atom is 0.0466 e. The molecule has 0 amide bonds. The van der Waals surface area contributed by atoms with Gasteiger partial charge in [-0.1, -0.05) is 6.92 Å². The molecule has 0 radical (unpaired) electrons. The lowest BCUT2D eigenvalue weighted by Crippen LogP contribution is -2.37. The molecule has 13 heavy (non-hydrogen) atoms. The molecule has 0 aromatic heterocycles. The quantitative estimate of drug-likeness (QED) is 0.663. The Labute approximate surface area is 82.0 Å². The Morgan fingerprint density at radius 1 is 1.46 bits per heavy atom. The molecule has 1 saturated heterocycles. The molecule has 1 fully saturated rings. The number of piperidine rings is 1. The second-order valence-corrected chi connectivity index (χ2v) is 4.12. The highest BCUT2D eigenvalue weighted by atomic mass is 16.5. The fraction of sp³-hybridized carbons (Fsp3) is 1.00. The summed E-state index contributed by atoms with van der Waals surface area (Å²) in [6, 6.07) is 0.754. The summed E-state index contributed by atoms with van der Waals surface area (Å²) >= 11 is 0. The molecule has 0 bridgehead atoms. The van der Waals surface area contributed by atoms with Gasteiger partial charge in [-0.2, -0.15) is 0 Å². The Morgan fingerprint density at radius 3 is 3.00 bits per heavy atom. The molecule has 2 heteroatoms. The van der Waals surface area contributed by atoms with Gasteiger partial charge in [-0.3, -0.25) is 0 Å². The minimum atomic E-state index is 0.754. The first-order valence-electron chi connectivity index (χ1n) is 5.64. The molecule has 78 valence electrons. The van der Waals surface area contributed by atoms with Crippen molar-refractivity contribution in [1.82, 2.24) is 5.32 Å². The molecule has 1 rings (SSSR count). The SMILES string of the molecule is CCOCCCC1CC(C)CCN1. The minimum absolute atomic E-state index is 0.754. The molecule has 0 spiro atoms. The zero-order chi connectivity index (χ0) is 9.52. The van der Waals surface area contributed by atoms with Gasteiger partial charge in [0.05, 0.1) is 0 Å². The van der Waals surface area contributed by atoms with Crippen LogP contribution in [0.4, 0.5) is 0 Å². The van der Waals surface area contributed by atoms with Crippen LogP contribution in [0.25, 0.3) is 0 Å². The van der Waals surface area contributed by atoms with Gasteiger partial charge in [0.25, 0.3) is 0 Å². The fourth-order valence-electron chi connectivity index (χ4n) is 2.02. The van der Waals surface area contributed by atoms with Gasteiger partial charge < -0.3 is 10.1 Å². The van der Waals surface area contributed by atoms with Crippen LogP contribution in [0.2, 0.25) is 0 Å². The maximum atomic E-state index is 5.32. The van der Waals surface area contributed by atoms with Gasteiger partial charge in [0, 0.05) is 19.3 Å². The third-order valence-corrected chi connectivity index (χ3v) is 2.80. The molecule has 0 aliphatic carbocycles. The summed E-state index contributed by atoms with van der Waals surface area (Å²) in [7, 11) is 0. The maximum absolute atomic E-state index is 5.32. The van der Waals surface area contributed by atoms with Gasteiger partial charge in [0.1, 0.15) is 0 Å². The Bertz CT molecular complexity index is 127. The molecule has 2 atom stereocenters.